The summed E-state index contributed by atoms with van der Waals surface area (Å²) in [4.78, 5) is 0.759. The van der Waals surface area contributed by atoms with Gasteiger partial charge in [-0.3, -0.25) is 3.97 Å². The Morgan fingerprint density at radius 2 is 2.16 bits per heavy atom. The number of nitrogens with one attached hydrogen (secondary N) is 1. The Hall–Kier alpha value is -1.85. The van der Waals surface area contributed by atoms with E-state index in [1.54, 1.807) is 0 Å². The van der Waals surface area contributed by atoms with E-state index in [1.165, 1.54) is 18.4 Å². The van der Waals surface area contributed by atoms with Crippen LogP contribution in [0.1, 0.15) is 43.9 Å². The van der Waals surface area contributed by atoms with Gasteiger partial charge in [-0.1, -0.05) is 12.1 Å². The number of nitrogens with zero attached hydrogens (tertiary/aromatic N) is 1. The molecule has 5 heteroatoms. The average molecular weight is 359 g/mol. The molecule has 1 atom stereocenters. The van der Waals surface area contributed by atoms with E-state index in [0.717, 1.165) is 41.3 Å². The molecule has 1 aromatic carbocycles. The van der Waals surface area contributed by atoms with Gasteiger partial charge in [0.2, 0.25) is 0 Å². The molecule has 1 heterocycles. The summed E-state index contributed by atoms with van der Waals surface area (Å²) in [6, 6.07) is 9.73. The van der Waals surface area contributed by atoms with E-state index in [2.05, 4.69) is 17.5 Å². The molecule has 0 amide bonds. The molecular weight excluding hydrogens is 332 g/mol. The second kappa shape index (κ2) is 8.50. The zero-order valence-corrected chi connectivity index (χ0v) is 15.8. The van der Waals surface area contributed by atoms with Gasteiger partial charge in [0.25, 0.3) is 0 Å². The van der Waals surface area contributed by atoms with Crippen LogP contribution in [0.15, 0.2) is 47.5 Å². The molecule has 0 aliphatic heterocycles. The van der Waals surface area contributed by atoms with E-state index < -0.39 is 11.0 Å². The summed E-state index contributed by atoms with van der Waals surface area (Å²) >= 11 is 0. The van der Waals surface area contributed by atoms with Crippen LogP contribution < -0.4 is 10.1 Å². The minimum Gasteiger partial charge on any atom is -0.494 e. The molecule has 4 nitrogen and oxygen atoms in total. The highest BCUT2D eigenvalue weighted by Gasteiger charge is 2.17. The van der Waals surface area contributed by atoms with Crippen molar-refractivity contribution in [2.24, 2.45) is 0 Å². The van der Waals surface area contributed by atoms with Crippen LogP contribution in [0.2, 0.25) is 0 Å². The van der Waals surface area contributed by atoms with Crippen LogP contribution in [0.5, 0.6) is 5.75 Å². The monoisotopic (exact) mass is 358 g/mol. The highest BCUT2D eigenvalue weighted by atomic mass is 32.2. The zero-order chi connectivity index (χ0) is 17.6. The summed E-state index contributed by atoms with van der Waals surface area (Å²) in [5.74, 6) is 0.759. The van der Waals surface area contributed by atoms with E-state index in [-0.39, 0.29) is 0 Å². The lowest BCUT2D eigenvalue weighted by molar-refractivity contribution is 0.339. The Morgan fingerprint density at radius 1 is 1.28 bits per heavy atom. The van der Waals surface area contributed by atoms with Crippen molar-refractivity contribution in [2.75, 3.05) is 13.7 Å². The molecule has 1 aromatic heterocycles. The second-order valence-electron chi connectivity index (χ2n) is 6.22. The third-order valence-electron chi connectivity index (χ3n) is 4.34. The largest absolute Gasteiger partial charge is 0.494 e. The van der Waals surface area contributed by atoms with Crippen molar-refractivity contribution in [1.82, 2.24) is 9.29 Å². The summed E-state index contributed by atoms with van der Waals surface area (Å²) in [5, 5.41) is 3.18. The van der Waals surface area contributed by atoms with Gasteiger partial charge < -0.3 is 10.1 Å². The molecule has 3 rings (SSSR count). The maximum Gasteiger partial charge on any atom is 0.157 e. The van der Waals surface area contributed by atoms with Gasteiger partial charge in [0.15, 0.2) is 11.0 Å². The number of hydrogen-bond donors (Lipinski definition) is 1. The molecule has 0 saturated carbocycles. The van der Waals surface area contributed by atoms with Crippen LogP contribution in [-0.2, 0) is 17.5 Å². The molecular formula is C20H26N2O2S. The Kier molecular flexibility index (Phi) is 6.10. The number of allylic oxidation sites excluding steroid dienone is 2. The van der Waals surface area contributed by atoms with Gasteiger partial charge >= 0.3 is 0 Å². The Morgan fingerprint density at radius 3 is 2.88 bits per heavy atom. The minimum absolute atomic E-state index is 0.601. The van der Waals surface area contributed by atoms with Crippen LogP contribution in [0.3, 0.4) is 0 Å². The lowest BCUT2D eigenvalue weighted by Crippen LogP contribution is -2.09. The number of benzene rings is 1. The Labute approximate surface area is 152 Å². The molecule has 0 saturated heterocycles. The van der Waals surface area contributed by atoms with Crippen LogP contribution in [0.4, 0.5) is 0 Å². The van der Waals surface area contributed by atoms with Crippen molar-refractivity contribution in [1.29, 1.82) is 0 Å². The third kappa shape index (κ3) is 4.22. The topological polar surface area (TPSA) is 43.3 Å². The quantitative estimate of drug-likeness (QED) is 0.809. The zero-order valence-electron chi connectivity index (χ0n) is 15.0. The van der Waals surface area contributed by atoms with E-state index in [1.807, 2.05) is 48.4 Å². The van der Waals surface area contributed by atoms with Crippen LogP contribution in [0, 0.1) is 0 Å². The molecule has 0 spiro atoms. The highest BCUT2D eigenvalue weighted by Crippen LogP contribution is 2.30. The van der Waals surface area contributed by atoms with Gasteiger partial charge in [-0.05, 0) is 75.1 Å². The van der Waals surface area contributed by atoms with Crippen molar-refractivity contribution in [3.8, 4) is 5.75 Å². The highest BCUT2D eigenvalue weighted by molar-refractivity contribution is 7.83. The molecule has 25 heavy (non-hydrogen) atoms. The molecule has 0 fully saturated rings. The fourth-order valence-electron chi connectivity index (χ4n) is 3.19. The standard InChI is InChI=1S/C20H26N2O2S/c1-3-24-18-10-7-11-19(13-18)25(23)22-15-16(14-21-2)12-20(22)17-8-5-4-6-9-17/h7-8,10-13,15,21H,3-6,9,14H2,1-2H3. The lowest BCUT2D eigenvalue weighted by atomic mass is 9.97. The van der Waals surface area contributed by atoms with Crippen molar-refractivity contribution in [2.45, 2.75) is 44.0 Å². The van der Waals surface area contributed by atoms with E-state index in [9.17, 15) is 4.21 Å². The van der Waals surface area contributed by atoms with Crippen molar-refractivity contribution in [3.05, 3.63) is 53.9 Å². The molecule has 0 radical (unpaired) electrons. The normalized spacial score (nSPS) is 15.7. The maximum absolute atomic E-state index is 13.3. The van der Waals surface area contributed by atoms with Gasteiger partial charge in [0.05, 0.1) is 17.2 Å². The minimum atomic E-state index is -1.29. The smallest absolute Gasteiger partial charge is 0.157 e. The summed E-state index contributed by atoms with van der Waals surface area (Å²) in [6.45, 7) is 3.32. The first kappa shape index (κ1) is 18.0. The second-order valence-corrected chi connectivity index (χ2v) is 7.58. The first-order valence-electron chi connectivity index (χ1n) is 8.93. The van der Waals surface area contributed by atoms with E-state index >= 15 is 0 Å². The van der Waals surface area contributed by atoms with Crippen molar-refractivity contribution >= 4 is 16.6 Å². The molecule has 134 valence electrons. The average Bonchev–Trinajstić information content (AvgIpc) is 3.07. The van der Waals surface area contributed by atoms with Gasteiger partial charge in [-0.15, -0.1) is 0 Å². The third-order valence-corrected chi connectivity index (χ3v) is 5.66. The van der Waals surface area contributed by atoms with Crippen LogP contribution in [0.25, 0.3) is 5.57 Å². The van der Waals surface area contributed by atoms with Crippen molar-refractivity contribution in [3.63, 3.8) is 0 Å². The molecule has 1 aliphatic carbocycles. The summed E-state index contributed by atoms with van der Waals surface area (Å²) in [6.07, 6.45) is 8.91. The molecule has 2 aromatic rings. The fourth-order valence-corrected chi connectivity index (χ4v) is 4.41. The molecule has 1 unspecified atom stereocenters. The van der Waals surface area contributed by atoms with Crippen LogP contribution in [-0.4, -0.2) is 21.8 Å². The number of hydrogen-bond acceptors (Lipinski definition) is 3. The predicted molar refractivity (Wildman–Crippen MR) is 103 cm³/mol. The van der Waals surface area contributed by atoms with Gasteiger partial charge in [-0.25, -0.2) is 4.21 Å². The van der Waals surface area contributed by atoms with Crippen LogP contribution >= 0.6 is 0 Å². The summed E-state index contributed by atoms with van der Waals surface area (Å²) < 4.78 is 20.7. The Balaban J connectivity index is 1.98. The first-order chi connectivity index (χ1) is 12.2. The SMILES string of the molecule is CCOc1cccc(S(=O)n2cc(CNC)cc2C2=CCCCC2)c1. The van der Waals surface area contributed by atoms with Crippen molar-refractivity contribution < 1.29 is 8.95 Å². The Bertz CT molecular complexity index is 780. The first-order valence-corrected chi connectivity index (χ1v) is 10.0. The molecule has 1 N–H and O–H groups in total. The lowest BCUT2D eigenvalue weighted by Gasteiger charge is -2.15. The summed E-state index contributed by atoms with van der Waals surface area (Å²) in [7, 11) is 0.641. The number of ether oxygens (including phenoxy) is 1. The van der Waals surface area contributed by atoms with E-state index in [4.69, 9.17) is 4.74 Å². The summed E-state index contributed by atoms with van der Waals surface area (Å²) in [5.41, 5.74) is 3.53. The van der Waals surface area contributed by atoms with E-state index in [0.29, 0.717) is 6.61 Å². The van der Waals surface area contributed by atoms with Gasteiger partial charge in [-0.2, -0.15) is 0 Å². The predicted octanol–water partition coefficient (Wildman–Crippen LogP) is 4.13. The van der Waals surface area contributed by atoms with Gasteiger partial charge in [0.1, 0.15) is 5.75 Å². The number of aromatic nitrogens is 1. The fraction of sp³-hybridized carbons (Fsp3) is 0.400. The van der Waals surface area contributed by atoms with Gasteiger partial charge in [0, 0.05) is 12.7 Å². The molecule has 1 aliphatic rings. The maximum atomic E-state index is 13.3. The number of rotatable bonds is 7. The molecule has 0 bridgehead atoms.